The zero-order chi connectivity index (χ0) is 30.9. The van der Waals surface area contributed by atoms with Crippen LogP contribution < -0.4 is 4.90 Å². The number of benzene rings is 2. The quantitative estimate of drug-likeness (QED) is 0.103. The average Bonchev–Trinajstić information content (AvgIpc) is 3.63. The molecule has 0 spiro atoms. The molecule has 43 heavy (non-hydrogen) atoms. The van der Waals surface area contributed by atoms with Crippen LogP contribution in [0.5, 0.6) is 0 Å². The number of carboxylic acid groups (broad SMARTS) is 1. The molecule has 8 heteroatoms. The van der Waals surface area contributed by atoms with Gasteiger partial charge in [-0.2, -0.15) is 4.58 Å². The third-order valence-corrected chi connectivity index (χ3v) is 9.80. The molecule has 1 aromatic heterocycles. The fourth-order valence-corrected chi connectivity index (χ4v) is 7.31. The van der Waals surface area contributed by atoms with Gasteiger partial charge in [0.05, 0.1) is 10.3 Å². The predicted octanol–water partition coefficient (Wildman–Crippen LogP) is 8.60. The molecule has 0 saturated heterocycles. The van der Waals surface area contributed by atoms with Gasteiger partial charge in [0.1, 0.15) is 6.54 Å². The molecule has 0 saturated carbocycles. The number of thiophene rings is 1. The number of non-ortho nitro benzene ring substituents is 1. The summed E-state index contributed by atoms with van der Waals surface area (Å²) < 4.78 is 2.40. The Balaban J connectivity index is 1.51. The van der Waals surface area contributed by atoms with E-state index >= 15 is 0 Å². The fraction of sp³-hybridized carbons (Fsp3) is 0.371. The van der Waals surface area contributed by atoms with E-state index in [1.54, 1.807) is 23.5 Å². The molecule has 2 aliphatic rings. The van der Waals surface area contributed by atoms with Crippen molar-refractivity contribution in [3.63, 3.8) is 0 Å². The number of allylic oxidation sites excluding steroid dienone is 4. The number of unbranched alkanes of at least 4 members (excludes halogenated alkanes) is 2. The van der Waals surface area contributed by atoms with E-state index in [0.717, 1.165) is 42.9 Å². The summed E-state index contributed by atoms with van der Waals surface area (Å²) in [5, 5.41) is 22.7. The number of rotatable bonds is 11. The molecule has 2 aliphatic heterocycles. The summed E-state index contributed by atoms with van der Waals surface area (Å²) in [6, 6.07) is 16.1. The van der Waals surface area contributed by atoms with Gasteiger partial charge in [-0.25, -0.2) is 0 Å². The van der Waals surface area contributed by atoms with Crippen LogP contribution in [0.1, 0.15) is 71.4 Å². The van der Waals surface area contributed by atoms with Crippen LogP contribution in [0, 0.1) is 10.1 Å². The van der Waals surface area contributed by atoms with E-state index in [4.69, 9.17) is 5.11 Å². The highest BCUT2D eigenvalue weighted by atomic mass is 32.1. The molecule has 0 fully saturated rings. The molecule has 3 aromatic rings. The Morgan fingerprint density at radius 3 is 2.51 bits per heavy atom. The van der Waals surface area contributed by atoms with Gasteiger partial charge >= 0.3 is 5.97 Å². The highest BCUT2D eigenvalue weighted by molar-refractivity contribution is 7.13. The molecular formula is C35H40N3O4S+. The number of hydrogen-bond acceptors (Lipinski definition) is 5. The fourth-order valence-electron chi connectivity index (χ4n) is 6.58. The molecule has 224 valence electrons. The van der Waals surface area contributed by atoms with Gasteiger partial charge in [-0.3, -0.25) is 14.9 Å². The largest absolute Gasteiger partial charge is 0.481 e. The summed E-state index contributed by atoms with van der Waals surface area (Å²) in [5.74, 6) is -0.746. The number of carboxylic acids is 1. The minimum absolute atomic E-state index is 0.113. The summed E-state index contributed by atoms with van der Waals surface area (Å²) >= 11 is 1.74. The number of nitro groups is 1. The van der Waals surface area contributed by atoms with Crippen molar-refractivity contribution in [1.82, 2.24) is 0 Å². The first-order valence-corrected chi connectivity index (χ1v) is 15.8. The second-order valence-corrected chi connectivity index (χ2v) is 13.3. The van der Waals surface area contributed by atoms with Crippen LogP contribution in [0.15, 0.2) is 77.8 Å². The Bertz CT molecular complexity index is 1650. The maximum Gasteiger partial charge on any atom is 0.303 e. The van der Waals surface area contributed by atoms with Gasteiger partial charge in [0, 0.05) is 70.9 Å². The maximum atomic E-state index is 11.5. The standard InChI is InChI=1S/C35H39N3O4S/c1-6-36-28-19-17-25(38(41)42)23-27(28)35(4,5)31(36)13-10-14-32-34(2,3)26-22-24(30-12-11-21-43-30)16-18-29(26)37(32)20-9-7-8-15-33(39)40/h10-14,16-19,21-23H,6-9,15,20H2,1-5H3/p+1. The van der Waals surface area contributed by atoms with Gasteiger partial charge in [0.15, 0.2) is 5.71 Å². The van der Waals surface area contributed by atoms with E-state index in [1.807, 2.05) is 6.07 Å². The monoisotopic (exact) mass is 598 g/mol. The summed E-state index contributed by atoms with van der Waals surface area (Å²) in [5.41, 5.74) is 7.48. The molecule has 7 nitrogen and oxygen atoms in total. The first kappa shape index (κ1) is 30.4. The molecule has 0 atom stereocenters. The Kier molecular flexibility index (Phi) is 8.43. The van der Waals surface area contributed by atoms with Gasteiger partial charge in [-0.05, 0) is 80.5 Å². The molecule has 0 bridgehead atoms. The van der Waals surface area contributed by atoms with Gasteiger partial charge < -0.3 is 10.0 Å². The van der Waals surface area contributed by atoms with Gasteiger partial charge in [-0.15, -0.1) is 11.3 Å². The molecule has 3 heterocycles. The number of anilines is 1. The van der Waals surface area contributed by atoms with Crippen molar-refractivity contribution in [1.29, 1.82) is 0 Å². The molecule has 0 unspecified atom stereocenters. The number of hydrogen-bond donors (Lipinski definition) is 1. The Morgan fingerprint density at radius 2 is 1.84 bits per heavy atom. The number of nitrogens with zero attached hydrogens (tertiary/aromatic N) is 3. The average molecular weight is 599 g/mol. The number of likely N-dealkylation sites (N-methyl/N-ethyl adjacent to an activating group) is 1. The third-order valence-electron chi connectivity index (χ3n) is 8.88. The van der Waals surface area contributed by atoms with Crippen molar-refractivity contribution in [2.45, 2.75) is 71.1 Å². The van der Waals surface area contributed by atoms with Crippen molar-refractivity contribution in [2.24, 2.45) is 0 Å². The lowest BCUT2D eigenvalue weighted by Crippen LogP contribution is -2.28. The van der Waals surface area contributed by atoms with Crippen LogP contribution in [0.3, 0.4) is 0 Å². The number of carbonyl (C=O) groups is 1. The highest BCUT2D eigenvalue weighted by Gasteiger charge is 2.45. The van der Waals surface area contributed by atoms with Crippen molar-refractivity contribution in [3.05, 3.63) is 99.1 Å². The first-order valence-electron chi connectivity index (χ1n) is 15.0. The highest BCUT2D eigenvalue weighted by Crippen LogP contribution is 2.49. The SMILES string of the molecule is CCN1/C(=C/C=C/C2=[N+](CCCCCC(=O)O)c3ccc(-c4cccs4)cc3C2(C)C)C(C)(C)c2cc([N+](=O)[O-])ccc21. The lowest BCUT2D eigenvalue weighted by atomic mass is 9.80. The van der Waals surface area contributed by atoms with Gasteiger partial charge in [-0.1, -0.05) is 26.0 Å². The number of fused-ring (bicyclic) bond motifs is 2. The second kappa shape index (κ2) is 11.9. The van der Waals surface area contributed by atoms with Crippen LogP contribution in [0.25, 0.3) is 10.4 Å². The van der Waals surface area contributed by atoms with Crippen molar-refractivity contribution in [3.8, 4) is 10.4 Å². The van der Waals surface area contributed by atoms with Crippen LogP contribution in [0.4, 0.5) is 17.1 Å². The normalized spacial score (nSPS) is 17.6. The number of nitro benzene ring substituents is 1. The van der Waals surface area contributed by atoms with Crippen LogP contribution >= 0.6 is 11.3 Å². The van der Waals surface area contributed by atoms with Crippen LogP contribution in [-0.4, -0.2) is 39.4 Å². The smallest absolute Gasteiger partial charge is 0.303 e. The summed E-state index contributed by atoms with van der Waals surface area (Å²) in [6.07, 6.45) is 9.13. The molecule has 1 N–H and O–H groups in total. The molecular weight excluding hydrogens is 558 g/mol. The van der Waals surface area contributed by atoms with Crippen molar-refractivity contribution >= 4 is 40.1 Å². The predicted molar refractivity (Wildman–Crippen MR) is 175 cm³/mol. The van der Waals surface area contributed by atoms with E-state index in [0.29, 0.717) is 6.42 Å². The van der Waals surface area contributed by atoms with E-state index in [2.05, 4.69) is 98.0 Å². The van der Waals surface area contributed by atoms with Crippen LogP contribution in [-0.2, 0) is 15.6 Å². The van der Waals surface area contributed by atoms with Gasteiger partial charge in [0.25, 0.3) is 5.69 Å². The zero-order valence-electron chi connectivity index (χ0n) is 25.6. The maximum absolute atomic E-state index is 11.5. The Morgan fingerprint density at radius 1 is 1.05 bits per heavy atom. The van der Waals surface area contributed by atoms with E-state index in [9.17, 15) is 14.9 Å². The zero-order valence-corrected chi connectivity index (χ0v) is 26.4. The minimum atomic E-state index is -0.746. The lowest BCUT2D eigenvalue weighted by Gasteiger charge is -2.25. The summed E-state index contributed by atoms with van der Waals surface area (Å²) in [7, 11) is 0. The molecule has 5 rings (SSSR count). The lowest BCUT2D eigenvalue weighted by molar-refractivity contribution is -0.438. The molecule has 0 radical (unpaired) electrons. The van der Waals surface area contributed by atoms with Crippen LogP contribution in [0.2, 0.25) is 0 Å². The Hall–Kier alpha value is -4.04. The first-order chi connectivity index (χ1) is 20.5. The third kappa shape index (κ3) is 5.68. The van der Waals surface area contributed by atoms with Crippen molar-refractivity contribution < 1.29 is 19.4 Å². The van der Waals surface area contributed by atoms with E-state index in [-0.39, 0.29) is 27.9 Å². The topological polar surface area (TPSA) is 86.7 Å². The van der Waals surface area contributed by atoms with Crippen molar-refractivity contribution in [2.75, 3.05) is 18.0 Å². The van der Waals surface area contributed by atoms with E-state index in [1.165, 1.54) is 27.4 Å². The minimum Gasteiger partial charge on any atom is -0.481 e. The van der Waals surface area contributed by atoms with E-state index < -0.39 is 5.97 Å². The Labute approximate surface area is 257 Å². The molecule has 2 aromatic carbocycles. The molecule has 0 amide bonds. The second-order valence-electron chi connectivity index (χ2n) is 12.3. The summed E-state index contributed by atoms with van der Waals surface area (Å²) in [4.78, 5) is 25.7. The summed E-state index contributed by atoms with van der Waals surface area (Å²) in [6.45, 7) is 12.5. The number of aliphatic carboxylic acids is 1. The molecule has 0 aliphatic carbocycles. The van der Waals surface area contributed by atoms with Gasteiger partial charge in [0.2, 0.25) is 5.69 Å².